The van der Waals surface area contributed by atoms with Crippen molar-refractivity contribution in [3.63, 3.8) is 0 Å². The molecule has 1 saturated heterocycles. The number of ether oxygens (including phenoxy) is 1. The molecule has 0 radical (unpaired) electrons. The van der Waals surface area contributed by atoms with Crippen molar-refractivity contribution in [2.45, 2.75) is 37.9 Å². The van der Waals surface area contributed by atoms with E-state index in [9.17, 15) is 4.79 Å². The molecule has 1 aliphatic heterocycles. The highest BCUT2D eigenvalue weighted by molar-refractivity contribution is 5.92. The van der Waals surface area contributed by atoms with Crippen LogP contribution in [0.2, 0.25) is 0 Å². The van der Waals surface area contributed by atoms with Gasteiger partial charge in [0.2, 0.25) is 0 Å². The summed E-state index contributed by atoms with van der Waals surface area (Å²) in [5.74, 6) is 0.735. The summed E-state index contributed by atoms with van der Waals surface area (Å²) in [5.41, 5.74) is 1.63. The van der Waals surface area contributed by atoms with Crippen LogP contribution in [0.3, 0.4) is 0 Å². The summed E-state index contributed by atoms with van der Waals surface area (Å²) >= 11 is 0. The number of carbonyl (C=O) groups excluding carboxylic acids is 1. The molecule has 2 aliphatic rings. The first-order chi connectivity index (χ1) is 12.1. The van der Waals surface area contributed by atoms with Crippen LogP contribution in [0.1, 0.15) is 47.9 Å². The molecule has 1 aromatic heterocycles. The van der Waals surface area contributed by atoms with Crippen molar-refractivity contribution in [2.75, 3.05) is 20.2 Å². The SMILES string of the molecule is COc1cccc(C(C)N2CC(NC(=O)c3cn(C4CC4)nn3)C2)c1. The van der Waals surface area contributed by atoms with Gasteiger partial charge in [0.15, 0.2) is 5.69 Å². The number of aromatic nitrogens is 3. The molecular formula is C18H23N5O2. The summed E-state index contributed by atoms with van der Waals surface area (Å²) in [4.78, 5) is 14.6. The third kappa shape index (κ3) is 3.37. The van der Waals surface area contributed by atoms with Crippen LogP contribution < -0.4 is 10.1 Å². The van der Waals surface area contributed by atoms with E-state index in [0.717, 1.165) is 31.7 Å². The Morgan fingerprint density at radius 3 is 2.88 bits per heavy atom. The zero-order chi connectivity index (χ0) is 17.4. The molecule has 25 heavy (non-hydrogen) atoms. The minimum absolute atomic E-state index is 0.134. The second-order valence-corrected chi connectivity index (χ2v) is 6.89. The maximum Gasteiger partial charge on any atom is 0.273 e. The first kappa shape index (κ1) is 16.1. The zero-order valence-corrected chi connectivity index (χ0v) is 14.6. The molecule has 1 atom stereocenters. The maximum atomic E-state index is 12.3. The summed E-state index contributed by atoms with van der Waals surface area (Å²) < 4.78 is 7.09. The van der Waals surface area contributed by atoms with Crippen molar-refractivity contribution in [1.29, 1.82) is 0 Å². The third-order valence-electron chi connectivity index (χ3n) is 5.03. The van der Waals surface area contributed by atoms with E-state index in [-0.39, 0.29) is 11.9 Å². The monoisotopic (exact) mass is 341 g/mol. The van der Waals surface area contributed by atoms with E-state index in [1.165, 1.54) is 5.56 Å². The predicted molar refractivity (Wildman–Crippen MR) is 92.5 cm³/mol. The molecule has 132 valence electrons. The van der Waals surface area contributed by atoms with Gasteiger partial charge in [-0.2, -0.15) is 0 Å². The number of amides is 1. The van der Waals surface area contributed by atoms with Gasteiger partial charge in [0.25, 0.3) is 5.91 Å². The van der Waals surface area contributed by atoms with E-state index in [4.69, 9.17) is 4.74 Å². The lowest BCUT2D eigenvalue weighted by molar-refractivity contribution is 0.0672. The molecule has 1 N–H and O–H groups in total. The van der Waals surface area contributed by atoms with Gasteiger partial charge < -0.3 is 10.1 Å². The number of rotatable bonds is 6. The predicted octanol–water partition coefficient (Wildman–Crippen LogP) is 1.80. The van der Waals surface area contributed by atoms with Gasteiger partial charge in [-0.3, -0.25) is 9.69 Å². The van der Waals surface area contributed by atoms with Crippen LogP contribution in [0.15, 0.2) is 30.5 Å². The summed E-state index contributed by atoms with van der Waals surface area (Å²) in [6.07, 6.45) is 4.01. The largest absolute Gasteiger partial charge is 0.497 e. The Morgan fingerprint density at radius 2 is 2.16 bits per heavy atom. The summed E-state index contributed by atoms with van der Waals surface area (Å²) in [5, 5.41) is 11.1. The van der Waals surface area contributed by atoms with E-state index in [2.05, 4.69) is 39.6 Å². The smallest absolute Gasteiger partial charge is 0.273 e. The number of methoxy groups -OCH3 is 1. The van der Waals surface area contributed by atoms with E-state index in [1.807, 2.05) is 12.1 Å². The van der Waals surface area contributed by atoms with E-state index >= 15 is 0 Å². The number of hydrogen-bond donors (Lipinski definition) is 1. The molecule has 4 rings (SSSR count). The fraction of sp³-hybridized carbons (Fsp3) is 0.500. The van der Waals surface area contributed by atoms with Crippen molar-refractivity contribution in [2.24, 2.45) is 0 Å². The normalized spacial score (nSPS) is 19.3. The van der Waals surface area contributed by atoms with Crippen LogP contribution in [-0.4, -0.2) is 52.0 Å². The van der Waals surface area contributed by atoms with Crippen LogP contribution in [0.4, 0.5) is 0 Å². The Kier molecular flexibility index (Phi) is 4.17. The third-order valence-corrected chi connectivity index (χ3v) is 5.03. The molecule has 1 amide bonds. The minimum Gasteiger partial charge on any atom is -0.497 e. The van der Waals surface area contributed by atoms with Crippen molar-refractivity contribution in [3.8, 4) is 5.75 Å². The van der Waals surface area contributed by atoms with Gasteiger partial charge in [0.1, 0.15) is 5.75 Å². The summed E-state index contributed by atoms with van der Waals surface area (Å²) in [6.45, 7) is 3.84. The lowest BCUT2D eigenvalue weighted by Gasteiger charge is -2.43. The molecule has 2 aromatic rings. The highest BCUT2D eigenvalue weighted by Gasteiger charge is 2.33. The fourth-order valence-corrected chi connectivity index (χ4v) is 3.19. The molecule has 7 nitrogen and oxygen atoms in total. The van der Waals surface area contributed by atoms with Gasteiger partial charge in [-0.25, -0.2) is 4.68 Å². The number of likely N-dealkylation sites (tertiary alicyclic amines) is 1. The molecule has 1 aliphatic carbocycles. The van der Waals surface area contributed by atoms with Crippen LogP contribution >= 0.6 is 0 Å². The molecule has 7 heteroatoms. The number of carbonyl (C=O) groups is 1. The standard InChI is InChI=1S/C18H23N5O2/c1-12(13-4-3-5-16(8-13)25-2)22-9-14(10-22)19-18(24)17-11-23(21-20-17)15-6-7-15/h3-5,8,11-12,14-15H,6-7,9-10H2,1-2H3,(H,19,24). The van der Waals surface area contributed by atoms with Gasteiger partial charge in [0, 0.05) is 19.1 Å². The quantitative estimate of drug-likeness (QED) is 0.867. The molecule has 1 aromatic carbocycles. The average Bonchev–Trinajstić information content (AvgIpc) is 3.34. The van der Waals surface area contributed by atoms with Crippen LogP contribution in [-0.2, 0) is 0 Å². The Bertz CT molecular complexity index is 764. The van der Waals surface area contributed by atoms with Crippen LogP contribution in [0.25, 0.3) is 0 Å². The highest BCUT2D eigenvalue weighted by Crippen LogP contribution is 2.33. The Hall–Kier alpha value is -2.41. The second-order valence-electron chi connectivity index (χ2n) is 6.89. The van der Waals surface area contributed by atoms with E-state index in [0.29, 0.717) is 17.8 Å². The van der Waals surface area contributed by atoms with E-state index < -0.39 is 0 Å². The van der Waals surface area contributed by atoms with Gasteiger partial charge >= 0.3 is 0 Å². The van der Waals surface area contributed by atoms with Crippen molar-refractivity contribution < 1.29 is 9.53 Å². The molecule has 2 fully saturated rings. The van der Waals surface area contributed by atoms with Gasteiger partial charge in [0.05, 0.1) is 25.4 Å². The summed E-state index contributed by atoms with van der Waals surface area (Å²) in [7, 11) is 1.68. The van der Waals surface area contributed by atoms with Crippen LogP contribution in [0, 0.1) is 0 Å². The zero-order valence-electron chi connectivity index (χ0n) is 14.6. The van der Waals surface area contributed by atoms with Gasteiger partial charge in [-0.15, -0.1) is 5.10 Å². The number of nitrogens with one attached hydrogen (secondary N) is 1. The Balaban J connectivity index is 1.29. The van der Waals surface area contributed by atoms with E-state index in [1.54, 1.807) is 18.0 Å². The number of nitrogens with zero attached hydrogens (tertiary/aromatic N) is 4. The Morgan fingerprint density at radius 1 is 1.36 bits per heavy atom. The van der Waals surface area contributed by atoms with Crippen molar-refractivity contribution in [3.05, 3.63) is 41.7 Å². The minimum atomic E-state index is -0.134. The molecule has 1 saturated carbocycles. The molecular weight excluding hydrogens is 318 g/mol. The lowest BCUT2D eigenvalue weighted by Crippen LogP contribution is -2.59. The lowest BCUT2D eigenvalue weighted by atomic mass is 10.00. The van der Waals surface area contributed by atoms with Crippen LogP contribution in [0.5, 0.6) is 5.75 Å². The number of benzene rings is 1. The fourth-order valence-electron chi connectivity index (χ4n) is 3.19. The highest BCUT2D eigenvalue weighted by atomic mass is 16.5. The van der Waals surface area contributed by atoms with Crippen molar-refractivity contribution >= 4 is 5.91 Å². The van der Waals surface area contributed by atoms with Gasteiger partial charge in [-0.1, -0.05) is 17.3 Å². The molecule has 0 spiro atoms. The summed E-state index contributed by atoms with van der Waals surface area (Å²) in [6, 6.07) is 9.02. The maximum absolute atomic E-state index is 12.3. The number of hydrogen-bond acceptors (Lipinski definition) is 5. The van der Waals surface area contributed by atoms with Gasteiger partial charge in [-0.05, 0) is 37.5 Å². The molecule has 1 unspecified atom stereocenters. The second kappa shape index (κ2) is 6.48. The molecule has 2 heterocycles. The first-order valence-electron chi connectivity index (χ1n) is 8.74. The first-order valence-corrected chi connectivity index (χ1v) is 8.74. The Labute approximate surface area is 147 Å². The average molecular weight is 341 g/mol. The van der Waals surface area contributed by atoms with Crippen molar-refractivity contribution in [1.82, 2.24) is 25.2 Å². The topological polar surface area (TPSA) is 72.3 Å². The molecule has 0 bridgehead atoms.